The second kappa shape index (κ2) is 17.7. The van der Waals surface area contributed by atoms with Gasteiger partial charge in [0.25, 0.3) is 0 Å². The third-order valence-corrected chi connectivity index (χ3v) is 14.8. The molecule has 3 heteroatoms. The lowest BCUT2D eigenvalue weighted by Crippen LogP contribution is -2.15. The number of nitrogens with zero attached hydrogens (tertiary/aromatic N) is 3. The first-order chi connectivity index (χ1) is 35.5. The highest BCUT2D eigenvalue weighted by atomic mass is 15.1. The number of aromatic nitrogens is 1. The van der Waals surface area contributed by atoms with Gasteiger partial charge in [0.1, 0.15) is 0 Å². The van der Waals surface area contributed by atoms with Crippen molar-refractivity contribution in [1.82, 2.24) is 4.57 Å². The van der Waals surface area contributed by atoms with Crippen molar-refractivity contribution in [3.8, 4) is 50.2 Å². The topological polar surface area (TPSA) is 11.4 Å². The molecule has 0 bridgehead atoms. The maximum Gasteiger partial charge on any atom is 0.0542 e. The number of rotatable bonds is 10. The average molecular weight is 922 g/mol. The molecule has 0 spiro atoms. The Hall–Kier alpha value is -9.18. The summed E-state index contributed by atoms with van der Waals surface area (Å²) in [6, 6.07) is 99.4. The summed E-state index contributed by atoms with van der Waals surface area (Å²) in [4.78, 5) is 4.78. The fraction of sp³-hybridized carbons (Fsp3) is 0.0435. The Labute approximate surface area is 421 Å². The molecular weight excluding hydrogens is 871 g/mol. The van der Waals surface area contributed by atoms with Gasteiger partial charge in [-0.2, -0.15) is 0 Å². The van der Waals surface area contributed by atoms with Crippen LogP contribution in [-0.4, -0.2) is 4.57 Å². The minimum Gasteiger partial charge on any atom is -0.310 e. The maximum absolute atomic E-state index is 2.39. The summed E-state index contributed by atoms with van der Waals surface area (Å²) in [5.74, 6) is 0. The lowest BCUT2D eigenvalue weighted by Gasteiger charge is -2.27. The van der Waals surface area contributed by atoms with Crippen LogP contribution >= 0.6 is 0 Å². The second-order valence-electron chi connectivity index (χ2n) is 19.4. The molecule has 0 saturated carbocycles. The minimum atomic E-state index is -0.0638. The molecule has 0 unspecified atom stereocenters. The van der Waals surface area contributed by atoms with Gasteiger partial charge in [0.2, 0.25) is 0 Å². The highest BCUT2D eigenvalue weighted by molar-refractivity contribution is 6.10. The molecule has 342 valence electrons. The Morgan fingerprint density at radius 3 is 1.18 bits per heavy atom. The highest BCUT2D eigenvalue weighted by Gasteiger charge is 2.35. The number of benzene rings is 11. The summed E-state index contributed by atoms with van der Waals surface area (Å²) in [6.07, 6.45) is 0. The van der Waals surface area contributed by atoms with Crippen LogP contribution in [0.4, 0.5) is 34.1 Å². The van der Waals surface area contributed by atoms with Crippen LogP contribution in [0.5, 0.6) is 0 Å². The first-order valence-electron chi connectivity index (χ1n) is 24.9. The van der Waals surface area contributed by atoms with Gasteiger partial charge in [-0.3, -0.25) is 0 Å². The molecule has 0 radical (unpaired) electrons. The van der Waals surface area contributed by atoms with Gasteiger partial charge in [0.05, 0.1) is 11.0 Å². The second-order valence-corrected chi connectivity index (χ2v) is 19.4. The van der Waals surface area contributed by atoms with Gasteiger partial charge < -0.3 is 14.4 Å². The molecule has 1 heterocycles. The molecule has 72 heavy (non-hydrogen) atoms. The third kappa shape index (κ3) is 7.46. The van der Waals surface area contributed by atoms with E-state index in [1.807, 2.05) is 0 Å². The largest absolute Gasteiger partial charge is 0.310 e. The Bertz CT molecular complexity index is 3890. The molecular formula is C69H51N3. The van der Waals surface area contributed by atoms with E-state index < -0.39 is 0 Å². The molecule has 0 amide bonds. The van der Waals surface area contributed by atoms with Crippen molar-refractivity contribution in [3.63, 3.8) is 0 Å². The van der Waals surface area contributed by atoms with E-state index in [0.717, 1.165) is 50.9 Å². The van der Waals surface area contributed by atoms with E-state index in [9.17, 15) is 0 Å². The molecule has 1 aliphatic rings. The van der Waals surface area contributed by atoms with Crippen LogP contribution < -0.4 is 9.80 Å². The van der Waals surface area contributed by atoms with E-state index in [0.29, 0.717) is 0 Å². The molecule has 13 rings (SSSR count). The van der Waals surface area contributed by atoms with Gasteiger partial charge in [-0.25, -0.2) is 0 Å². The SMILES string of the molecule is CC1(C)c2ccccc2-c2cc(N(c3ccc(-c4ccccc4)cc3)c3ccc(-c4ccc(N(c5ccc(-c6ccccc6)cc5)c5ccc6c(c5)c5ccccc5n6-c5ccccc5)cc4)cc3)ccc21. The van der Waals surface area contributed by atoms with Crippen LogP contribution in [0.25, 0.3) is 72.0 Å². The van der Waals surface area contributed by atoms with Crippen LogP contribution in [0.3, 0.4) is 0 Å². The first kappa shape index (κ1) is 42.9. The van der Waals surface area contributed by atoms with E-state index in [2.05, 4.69) is 301 Å². The van der Waals surface area contributed by atoms with Crippen LogP contribution in [0, 0.1) is 0 Å². The van der Waals surface area contributed by atoms with E-state index in [1.165, 1.54) is 66.3 Å². The smallest absolute Gasteiger partial charge is 0.0542 e. The third-order valence-electron chi connectivity index (χ3n) is 14.8. The summed E-state index contributed by atoms with van der Waals surface area (Å²) in [6.45, 7) is 4.68. The maximum atomic E-state index is 2.39. The molecule has 11 aromatic carbocycles. The van der Waals surface area contributed by atoms with E-state index >= 15 is 0 Å². The molecule has 1 aromatic heterocycles. The van der Waals surface area contributed by atoms with Crippen molar-refractivity contribution in [2.24, 2.45) is 0 Å². The lowest BCUT2D eigenvalue weighted by atomic mass is 9.82. The Morgan fingerprint density at radius 1 is 0.278 bits per heavy atom. The molecule has 3 nitrogen and oxygen atoms in total. The monoisotopic (exact) mass is 921 g/mol. The lowest BCUT2D eigenvalue weighted by molar-refractivity contribution is 0.660. The number of para-hydroxylation sites is 2. The van der Waals surface area contributed by atoms with Gasteiger partial charge in [-0.15, -0.1) is 0 Å². The number of fused-ring (bicyclic) bond motifs is 6. The zero-order valence-corrected chi connectivity index (χ0v) is 40.3. The predicted molar refractivity (Wildman–Crippen MR) is 304 cm³/mol. The molecule has 0 saturated heterocycles. The highest BCUT2D eigenvalue weighted by Crippen LogP contribution is 2.51. The van der Waals surface area contributed by atoms with Gasteiger partial charge >= 0.3 is 0 Å². The molecule has 1 aliphatic carbocycles. The number of hydrogen-bond acceptors (Lipinski definition) is 2. The Kier molecular flexibility index (Phi) is 10.5. The van der Waals surface area contributed by atoms with Crippen LogP contribution in [0.15, 0.2) is 273 Å². The van der Waals surface area contributed by atoms with Crippen LogP contribution in [0.1, 0.15) is 25.0 Å². The molecule has 0 aliphatic heterocycles. The van der Waals surface area contributed by atoms with Gasteiger partial charge in [-0.05, 0) is 153 Å². The van der Waals surface area contributed by atoms with Crippen LogP contribution in [0.2, 0.25) is 0 Å². The van der Waals surface area contributed by atoms with Crippen LogP contribution in [-0.2, 0) is 5.41 Å². The summed E-state index contributed by atoms with van der Waals surface area (Å²) < 4.78 is 2.37. The first-order valence-corrected chi connectivity index (χ1v) is 24.9. The fourth-order valence-corrected chi connectivity index (χ4v) is 11.2. The van der Waals surface area contributed by atoms with Gasteiger partial charge in [0.15, 0.2) is 0 Å². The zero-order chi connectivity index (χ0) is 48.2. The summed E-state index contributed by atoms with van der Waals surface area (Å²) in [7, 11) is 0. The summed E-state index contributed by atoms with van der Waals surface area (Å²) in [5, 5.41) is 2.44. The average Bonchev–Trinajstić information content (AvgIpc) is 3.90. The molecule has 0 fully saturated rings. The minimum absolute atomic E-state index is 0.0638. The van der Waals surface area contributed by atoms with Gasteiger partial charge in [-0.1, -0.05) is 190 Å². The van der Waals surface area contributed by atoms with E-state index in [-0.39, 0.29) is 5.41 Å². The molecule has 0 atom stereocenters. The Balaban J connectivity index is 0.872. The van der Waals surface area contributed by atoms with E-state index in [1.54, 1.807) is 0 Å². The normalized spacial score (nSPS) is 12.4. The summed E-state index contributed by atoms with van der Waals surface area (Å²) >= 11 is 0. The molecule has 0 N–H and O–H groups in total. The van der Waals surface area contributed by atoms with E-state index in [4.69, 9.17) is 0 Å². The van der Waals surface area contributed by atoms with Crippen molar-refractivity contribution in [2.45, 2.75) is 19.3 Å². The molecule has 12 aromatic rings. The number of hydrogen-bond donors (Lipinski definition) is 0. The Morgan fingerprint density at radius 2 is 0.653 bits per heavy atom. The number of anilines is 6. The van der Waals surface area contributed by atoms with Crippen molar-refractivity contribution >= 4 is 55.9 Å². The van der Waals surface area contributed by atoms with Crippen molar-refractivity contribution in [3.05, 3.63) is 284 Å². The van der Waals surface area contributed by atoms with Crippen molar-refractivity contribution in [2.75, 3.05) is 9.80 Å². The standard InChI is InChI=1S/C69H51N3/c1-69(2)65-24-14-12-22-61(65)63-46-59(42-44-66(63)69)70(55-34-26-50(27-35-55)48-16-6-3-7-17-48)56-38-30-52(31-39-56)53-32-40-58(41-33-53)71(57-36-28-51(29-37-57)49-18-8-4-9-19-49)60-43-45-68-64(47-60)62-23-13-15-25-67(62)72(68)54-20-10-5-11-21-54/h3-47H,1-2H3. The quantitative estimate of drug-likeness (QED) is 0.135. The van der Waals surface area contributed by atoms with Gasteiger partial charge in [0, 0.05) is 56.0 Å². The zero-order valence-electron chi connectivity index (χ0n) is 40.3. The van der Waals surface area contributed by atoms with Crippen molar-refractivity contribution in [1.29, 1.82) is 0 Å². The summed E-state index contributed by atoms with van der Waals surface area (Å²) in [5.41, 5.74) is 22.5. The fourth-order valence-electron chi connectivity index (χ4n) is 11.2. The predicted octanol–water partition coefficient (Wildman–Crippen LogP) is 19.0. The van der Waals surface area contributed by atoms with Crippen molar-refractivity contribution < 1.29 is 0 Å².